The molecule has 3 aromatic rings. The van der Waals surface area contributed by atoms with Crippen LogP contribution in [0.4, 0.5) is 16.2 Å². The third kappa shape index (κ3) is 3.95. The summed E-state index contributed by atoms with van der Waals surface area (Å²) in [5, 5.41) is 6.13. The van der Waals surface area contributed by atoms with E-state index in [4.69, 9.17) is 18.9 Å². The largest absolute Gasteiger partial charge is 0.497 e. The molecule has 2 heterocycles. The number of hydrogen-bond acceptors (Lipinski definition) is 6. The van der Waals surface area contributed by atoms with Gasteiger partial charge in [0, 0.05) is 17.3 Å². The lowest BCUT2D eigenvalue weighted by Gasteiger charge is -2.54. The lowest BCUT2D eigenvalue weighted by Crippen LogP contribution is -2.72. The van der Waals surface area contributed by atoms with Gasteiger partial charge in [-0.2, -0.15) is 0 Å². The van der Waals surface area contributed by atoms with E-state index in [1.54, 1.807) is 45.4 Å². The number of rotatable bonds is 6. The van der Waals surface area contributed by atoms with Gasteiger partial charge >= 0.3 is 6.03 Å². The second-order valence-electron chi connectivity index (χ2n) is 9.62. The number of methoxy groups -OCH3 is 3. The van der Waals surface area contributed by atoms with E-state index in [0.717, 1.165) is 11.1 Å². The summed E-state index contributed by atoms with van der Waals surface area (Å²) in [6, 6.07) is 15.3. The fraction of sp³-hybridized carbons (Fsp3) is 0.310. The molecule has 9 heteroatoms. The number of urea groups is 1. The quantitative estimate of drug-likeness (QED) is 0.480. The van der Waals surface area contributed by atoms with E-state index in [1.165, 1.54) is 12.0 Å². The summed E-state index contributed by atoms with van der Waals surface area (Å²) in [6.07, 6.45) is 0. The summed E-state index contributed by atoms with van der Waals surface area (Å²) in [5.74, 6) is 0.789. The number of fused-ring (bicyclic) bond motifs is 4. The maximum atomic E-state index is 14.1. The molecule has 0 spiro atoms. The Balaban J connectivity index is 1.67. The Bertz CT molecular complexity index is 1420. The number of amides is 3. The number of benzene rings is 3. The van der Waals surface area contributed by atoms with Crippen molar-refractivity contribution < 1.29 is 28.5 Å². The Morgan fingerprint density at radius 2 is 1.76 bits per heavy atom. The van der Waals surface area contributed by atoms with Gasteiger partial charge in [-0.15, -0.1) is 0 Å². The summed E-state index contributed by atoms with van der Waals surface area (Å²) in [6.45, 7) is 5.68. The van der Waals surface area contributed by atoms with Crippen LogP contribution in [0.2, 0.25) is 0 Å². The Morgan fingerprint density at radius 3 is 2.45 bits per heavy atom. The molecule has 198 valence electrons. The normalized spacial score (nSPS) is 21.5. The van der Waals surface area contributed by atoms with Crippen molar-refractivity contribution in [1.29, 1.82) is 0 Å². The van der Waals surface area contributed by atoms with Gasteiger partial charge in [0.2, 0.25) is 11.6 Å². The van der Waals surface area contributed by atoms with E-state index in [0.29, 0.717) is 39.9 Å². The van der Waals surface area contributed by atoms with Gasteiger partial charge in [0.1, 0.15) is 17.4 Å². The van der Waals surface area contributed by atoms with Crippen molar-refractivity contribution in [3.05, 3.63) is 71.3 Å². The fourth-order valence-corrected chi connectivity index (χ4v) is 5.43. The van der Waals surface area contributed by atoms with Gasteiger partial charge in [-0.05, 0) is 50.6 Å². The molecule has 5 rings (SSSR count). The number of anilines is 2. The zero-order chi connectivity index (χ0) is 27.2. The molecular formula is C29H31N3O6. The first-order valence-electron chi connectivity index (χ1n) is 12.3. The first-order valence-corrected chi connectivity index (χ1v) is 12.3. The highest BCUT2D eigenvalue weighted by Gasteiger charge is 2.61. The van der Waals surface area contributed by atoms with Crippen LogP contribution in [0.15, 0.2) is 54.6 Å². The summed E-state index contributed by atoms with van der Waals surface area (Å²) in [4.78, 5) is 29.2. The highest BCUT2D eigenvalue weighted by molar-refractivity contribution is 6.02. The third-order valence-electron chi connectivity index (χ3n) is 7.26. The molecule has 2 aliphatic rings. The number of aryl methyl sites for hydroxylation is 2. The minimum atomic E-state index is -1.45. The smallest absolute Gasteiger partial charge is 0.325 e. The third-order valence-corrected chi connectivity index (χ3v) is 7.26. The number of nitrogens with one attached hydrogen (secondary N) is 2. The van der Waals surface area contributed by atoms with Crippen molar-refractivity contribution in [3.8, 4) is 23.0 Å². The predicted molar refractivity (Wildman–Crippen MR) is 143 cm³/mol. The van der Waals surface area contributed by atoms with Crippen molar-refractivity contribution in [1.82, 2.24) is 5.32 Å². The molecule has 0 radical (unpaired) electrons. The van der Waals surface area contributed by atoms with Gasteiger partial charge < -0.3 is 29.6 Å². The molecule has 0 aliphatic carbocycles. The van der Waals surface area contributed by atoms with E-state index in [2.05, 4.69) is 10.6 Å². The van der Waals surface area contributed by atoms with Crippen LogP contribution < -0.4 is 34.5 Å². The maximum Gasteiger partial charge on any atom is 0.325 e. The van der Waals surface area contributed by atoms with Crippen LogP contribution in [0.5, 0.6) is 23.0 Å². The summed E-state index contributed by atoms with van der Waals surface area (Å²) >= 11 is 0. The van der Waals surface area contributed by atoms with Gasteiger partial charge in [-0.25, -0.2) is 4.79 Å². The van der Waals surface area contributed by atoms with Crippen LogP contribution in [0.25, 0.3) is 0 Å². The average molecular weight is 518 g/mol. The van der Waals surface area contributed by atoms with E-state index in [1.807, 2.05) is 44.2 Å². The molecule has 1 fully saturated rings. The fourth-order valence-electron chi connectivity index (χ4n) is 5.43. The molecule has 9 nitrogen and oxygen atoms in total. The van der Waals surface area contributed by atoms with E-state index < -0.39 is 23.7 Å². The number of carbonyl (C=O) groups is 2. The second-order valence-corrected chi connectivity index (χ2v) is 9.62. The van der Waals surface area contributed by atoms with Crippen molar-refractivity contribution in [2.75, 3.05) is 31.5 Å². The van der Waals surface area contributed by atoms with Gasteiger partial charge in [0.15, 0.2) is 11.5 Å². The Hall–Kier alpha value is -4.40. The minimum absolute atomic E-state index is 0.296. The number of ether oxygens (including phenoxy) is 4. The highest BCUT2D eigenvalue weighted by Crippen LogP contribution is 2.53. The van der Waals surface area contributed by atoms with Crippen LogP contribution in [0.3, 0.4) is 0 Å². The first kappa shape index (κ1) is 25.3. The molecule has 0 unspecified atom stereocenters. The summed E-state index contributed by atoms with van der Waals surface area (Å²) < 4.78 is 23.2. The Kier molecular flexibility index (Phi) is 6.30. The highest BCUT2D eigenvalue weighted by atomic mass is 16.5. The van der Waals surface area contributed by atoms with Gasteiger partial charge in [0.05, 0.1) is 33.1 Å². The monoisotopic (exact) mass is 517 g/mol. The van der Waals surface area contributed by atoms with Crippen molar-refractivity contribution >= 4 is 23.3 Å². The van der Waals surface area contributed by atoms with Crippen LogP contribution >= 0.6 is 0 Å². The molecule has 38 heavy (non-hydrogen) atoms. The molecule has 0 saturated carbocycles. The first-order chi connectivity index (χ1) is 18.2. The number of nitrogens with zero attached hydrogens (tertiary/aromatic N) is 1. The molecule has 2 bridgehead atoms. The molecule has 0 aromatic heterocycles. The van der Waals surface area contributed by atoms with Crippen molar-refractivity contribution in [3.63, 3.8) is 0 Å². The standard InChI is InChI=1S/C29H31N3O6/c1-16-10-12-20(17(2)14-16)30-27(33)24-25-19-8-7-9-22(36-5)26(19)38-29(24,3)32(28(34)31-25)21-13-11-18(35-4)15-23(21)37-6/h7-15,24-25H,1-6H3,(H,30,33)(H,31,34)/t24-,25-,29+/m0/s1. The lowest BCUT2D eigenvalue weighted by molar-refractivity contribution is -0.131. The lowest BCUT2D eigenvalue weighted by atomic mass is 9.78. The zero-order valence-electron chi connectivity index (χ0n) is 22.2. The van der Waals surface area contributed by atoms with Gasteiger partial charge in [-0.3, -0.25) is 9.69 Å². The molecule has 2 aliphatic heterocycles. The van der Waals surface area contributed by atoms with E-state index >= 15 is 0 Å². The van der Waals surface area contributed by atoms with Crippen molar-refractivity contribution in [2.45, 2.75) is 32.5 Å². The molecule has 3 atom stereocenters. The average Bonchev–Trinajstić information content (AvgIpc) is 2.89. The number of hydrogen-bond donors (Lipinski definition) is 2. The van der Waals surface area contributed by atoms with Crippen LogP contribution in [0.1, 0.15) is 29.7 Å². The van der Waals surface area contributed by atoms with Crippen LogP contribution in [-0.2, 0) is 4.79 Å². The molecular weight excluding hydrogens is 486 g/mol. The molecule has 3 amide bonds. The summed E-state index contributed by atoms with van der Waals surface area (Å²) in [7, 11) is 4.61. The second kappa shape index (κ2) is 9.48. The molecule has 3 aromatic carbocycles. The zero-order valence-corrected chi connectivity index (χ0v) is 22.2. The van der Waals surface area contributed by atoms with Gasteiger partial charge in [0.25, 0.3) is 0 Å². The van der Waals surface area contributed by atoms with Crippen molar-refractivity contribution in [2.24, 2.45) is 5.92 Å². The maximum absolute atomic E-state index is 14.1. The Morgan fingerprint density at radius 1 is 1.00 bits per heavy atom. The topological polar surface area (TPSA) is 98.4 Å². The molecule has 1 saturated heterocycles. The number of carbonyl (C=O) groups excluding carboxylic acids is 2. The van der Waals surface area contributed by atoms with E-state index in [9.17, 15) is 9.59 Å². The SMILES string of the molecule is COc1ccc(N2C(=O)N[C@H]3c4cccc(OC)c4O[C@]2(C)[C@@H]3C(=O)Nc2ccc(C)cc2C)c(OC)c1. The molecule has 2 N–H and O–H groups in total. The summed E-state index contributed by atoms with van der Waals surface area (Å²) in [5.41, 5.74) is 2.37. The minimum Gasteiger partial charge on any atom is -0.497 e. The van der Waals surface area contributed by atoms with Crippen LogP contribution in [0, 0.1) is 19.8 Å². The van der Waals surface area contributed by atoms with Crippen LogP contribution in [-0.4, -0.2) is 39.0 Å². The van der Waals surface area contributed by atoms with Gasteiger partial charge in [-0.1, -0.05) is 29.8 Å². The predicted octanol–water partition coefficient (Wildman–Crippen LogP) is 4.96. The Labute approximate surface area is 221 Å². The van der Waals surface area contributed by atoms with E-state index in [-0.39, 0.29) is 5.91 Å². The number of para-hydroxylation sites is 1.